The minimum atomic E-state index is 0.862. The van der Waals surface area contributed by atoms with E-state index in [-0.39, 0.29) is 0 Å². The molecule has 84 valence electrons. The molecule has 0 aromatic rings. The van der Waals surface area contributed by atoms with Crippen LogP contribution in [0.1, 0.15) is 34.6 Å². The van der Waals surface area contributed by atoms with Crippen molar-refractivity contribution in [2.75, 3.05) is 0 Å². The van der Waals surface area contributed by atoms with Crippen molar-refractivity contribution < 1.29 is 0 Å². The van der Waals surface area contributed by atoms with Crippen molar-refractivity contribution in [2.24, 2.45) is 5.73 Å². The molecule has 3 N–H and O–H groups in total. The van der Waals surface area contributed by atoms with Crippen LogP contribution in [0.15, 0.2) is 36.2 Å². The van der Waals surface area contributed by atoms with Gasteiger partial charge in [0.2, 0.25) is 0 Å². The fourth-order valence-electron chi connectivity index (χ4n) is 0.463. The SMILES string of the molecule is C=C/C(C)=C(/C=C\N)NS.CC.CC. The third-order valence-corrected chi connectivity index (χ3v) is 1.36. The van der Waals surface area contributed by atoms with Gasteiger partial charge < -0.3 is 10.5 Å². The van der Waals surface area contributed by atoms with Gasteiger partial charge in [0.15, 0.2) is 0 Å². The number of hydrogen-bond acceptors (Lipinski definition) is 3. The van der Waals surface area contributed by atoms with E-state index >= 15 is 0 Å². The Kier molecular flexibility index (Phi) is 24.3. The van der Waals surface area contributed by atoms with E-state index in [1.54, 1.807) is 12.2 Å². The summed E-state index contributed by atoms with van der Waals surface area (Å²) in [5.74, 6) is 0. The second-order valence-electron chi connectivity index (χ2n) is 1.77. The second kappa shape index (κ2) is 18.1. The Morgan fingerprint density at radius 1 is 1.29 bits per heavy atom. The van der Waals surface area contributed by atoms with Crippen LogP contribution in [-0.4, -0.2) is 0 Å². The Hall–Kier alpha value is -0.830. The quantitative estimate of drug-likeness (QED) is 0.499. The molecule has 0 aromatic heterocycles. The van der Waals surface area contributed by atoms with Crippen LogP contribution in [0.4, 0.5) is 0 Å². The molecule has 0 radical (unpaired) electrons. The van der Waals surface area contributed by atoms with E-state index in [1.165, 1.54) is 6.20 Å². The molecule has 0 aromatic carbocycles. The molecule has 0 saturated heterocycles. The Labute approximate surface area is 94.5 Å². The van der Waals surface area contributed by atoms with Gasteiger partial charge in [0.05, 0.1) is 0 Å². The molecule has 0 atom stereocenters. The van der Waals surface area contributed by atoms with Crippen LogP contribution in [0.25, 0.3) is 0 Å². The summed E-state index contributed by atoms with van der Waals surface area (Å²) >= 11 is 3.88. The molecule has 0 aliphatic heterocycles. The Morgan fingerprint density at radius 2 is 1.71 bits per heavy atom. The molecule has 0 amide bonds. The highest BCUT2D eigenvalue weighted by Gasteiger charge is 1.89. The number of allylic oxidation sites excluding steroid dienone is 3. The van der Waals surface area contributed by atoms with E-state index in [1.807, 2.05) is 34.6 Å². The van der Waals surface area contributed by atoms with E-state index in [9.17, 15) is 0 Å². The molecule has 0 bridgehead atoms. The summed E-state index contributed by atoms with van der Waals surface area (Å²) < 4.78 is 2.69. The summed E-state index contributed by atoms with van der Waals surface area (Å²) in [5, 5.41) is 0. The van der Waals surface area contributed by atoms with Crippen molar-refractivity contribution in [2.45, 2.75) is 34.6 Å². The molecule has 0 spiro atoms. The highest BCUT2D eigenvalue weighted by atomic mass is 32.1. The number of rotatable bonds is 3. The lowest BCUT2D eigenvalue weighted by Crippen LogP contribution is -1.99. The molecule has 0 saturated carbocycles. The van der Waals surface area contributed by atoms with E-state index in [2.05, 4.69) is 24.1 Å². The Morgan fingerprint density at radius 3 is 1.93 bits per heavy atom. The smallest absolute Gasteiger partial charge is 0.0481 e. The van der Waals surface area contributed by atoms with Gasteiger partial charge in [-0.2, -0.15) is 0 Å². The Bertz CT molecular complexity index is 172. The van der Waals surface area contributed by atoms with Gasteiger partial charge in [0.25, 0.3) is 0 Å². The van der Waals surface area contributed by atoms with Gasteiger partial charge in [-0.3, -0.25) is 0 Å². The topological polar surface area (TPSA) is 38.0 Å². The highest BCUT2D eigenvalue weighted by molar-refractivity contribution is 7.78. The summed E-state index contributed by atoms with van der Waals surface area (Å²) in [7, 11) is 0. The van der Waals surface area contributed by atoms with Crippen molar-refractivity contribution in [3.63, 3.8) is 0 Å². The zero-order valence-corrected chi connectivity index (χ0v) is 10.9. The molecule has 2 nitrogen and oxygen atoms in total. The maximum absolute atomic E-state index is 5.17. The maximum atomic E-state index is 5.17. The zero-order chi connectivity index (χ0) is 12.0. The van der Waals surface area contributed by atoms with E-state index in [4.69, 9.17) is 5.73 Å². The van der Waals surface area contributed by atoms with Crippen LogP contribution < -0.4 is 10.5 Å². The number of nitrogens with two attached hydrogens (primary N) is 1. The summed E-state index contributed by atoms with van der Waals surface area (Å²) in [6.45, 7) is 13.5. The van der Waals surface area contributed by atoms with Crippen molar-refractivity contribution in [3.05, 3.63) is 36.2 Å². The summed E-state index contributed by atoms with van der Waals surface area (Å²) in [6, 6.07) is 0. The molecule has 0 heterocycles. The number of hydrogen-bond donors (Lipinski definition) is 3. The van der Waals surface area contributed by atoms with Gasteiger partial charge >= 0.3 is 0 Å². The van der Waals surface area contributed by atoms with Gasteiger partial charge in [0.1, 0.15) is 0 Å². The molecular formula is C11H24N2S. The maximum Gasteiger partial charge on any atom is 0.0481 e. The van der Waals surface area contributed by atoms with Gasteiger partial charge in [0, 0.05) is 5.70 Å². The van der Waals surface area contributed by atoms with Gasteiger partial charge in [-0.1, -0.05) is 53.2 Å². The van der Waals surface area contributed by atoms with E-state index in [0.29, 0.717) is 0 Å². The van der Waals surface area contributed by atoms with Crippen LogP contribution in [-0.2, 0) is 0 Å². The average Bonchev–Trinajstić information content (AvgIpc) is 2.30. The number of nitrogens with one attached hydrogen (secondary N) is 1. The zero-order valence-electron chi connectivity index (χ0n) is 9.96. The molecule has 0 aliphatic carbocycles. The van der Waals surface area contributed by atoms with Gasteiger partial charge in [-0.25, -0.2) is 0 Å². The predicted octanol–water partition coefficient (Wildman–Crippen LogP) is 3.41. The van der Waals surface area contributed by atoms with Crippen molar-refractivity contribution in [1.29, 1.82) is 0 Å². The highest BCUT2D eigenvalue weighted by Crippen LogP contribution is 2.02. The summed E-state index contributed by atoms with van der Waals surface area (Å²) in [6.07, 6.45) is 4.91. The summed E-state index contributed by atoms with van der Waals surface area (Å²) in [4.78, 5) is 0. The van der Waals surface area contributed by atoms with Crippen LogP contribution >= 0.6 is 12.8 Å². The lowest BCUT2D eigenvalue weighted by molar-refractivity contribution is 1.23. The first-order valence-electron chi connectivity index (χ1n) is 4.88. The number of thiol groups is 1. The van der Waals surface area contributed by atoms with Crippen LogP contribution in [0.2, 0.25) is 0 Å². The predicted molar refractivity (Wildman–Crippen MR) is 71.0 cm³/mol. The molecule has 0 rings (SSSR count). The normalized spacial score (nSPS) is 10.1. The lowest BCUT2D eigenvalue weighted by atomic mass is 10.2. The third kappa shape index (κ3) is 11.2. The van der Waals surface area contributed by atoms with Crippen molar-refractivity contribution in [3.8, 4) is 0 Å². The monoisotopic (exact) mass is 216 g/mol. The third-order valence-electron chi connectivity index (χ3n) is 1.11. The minimum Gasteiger partial charge on any atom is -0.405 e. The standard InChI is InChI=1S/C7H12N2S.2C2H6/c1-3-6(2)7(9-10)4-5-8;2*1-2/h3-5,9-10H,1,8H2,2H3;2*1-2H3/b5-4-,7-6-;;. The molecule has 0 fully saturated rings. The Balaban J connectivity index is -0.000000266. The fourth-order valence-corrected chi connectivity index (χ4v) is 0.714. The fraction of sp³-hybridized carbons (Fsp3) is 0.455. The average molecular weight is 216 g/mol. The molecule has 14 heavy (non-hydrogen) atoms. The summed E-state index contributed by atoms with van der Waals surface area (Å²) in [5.41, 5.74) is 7.05. The largest absolute Gasteiger partial charge is 0.405 e. The second-order valence-corrected chi connectivity index (χ2v) is 2.00. The molecule has 3 heteroatoms. The first-order chi connectivity index (χ1) is 6.76. The van der Waals surface area contributed by atoms with Crippen molar-refractivity contribution >= 4 is 12.8 Å². The van der Waals surface area contributed by atoms with Crippen LogP contribution in [0.5, 0.6) is 0 Å². The van der Waals surface area contributed by atoms with Crippen molar-refractivity contribution in [1.82, 2.24) is 4.72 Å². The van der Waals surface area contributed by atoms with Gasteiger partial charge in [-0.05, 0) is 24.8 Å². The van der Waals surface area contributed by atoms with Crippen LogP contribution in [0.3, 0.4) is 0 Å². The molecular weight excluding hydrogens is 192 g/mol. The van der Waals surface area contributed by atoms with Crippen LogP contribution in [0, 0.1) is 0 Å². The lowest BCUT2D eigenvalue weighted by Gasteiger charge is -2.00. The first-order valence-corrected chi connectivity index (χ1v) is 5.32. The molecule has 0 aliphatic rings. The molecule has 0 unspecified atom stereocenters. The minimum absolute atomic E-state index is 0.862. The van der Waals surface area contributed by atoms with Gasteiger partial charge in [-0.15, -0.1) is 0 Å². The first kappa shape index (κ1) is 18.9. The van der Waals surface area contributed by atoms with E-state index < -0.39 is 0 Å². The van der Waals surface area contributed by atoms with E-state index in [0.717, 1.165) is 11.3 Å².